The molecule has 0 atom stereocenters. The molecule has 1 aromatic carbocycles. The number of nitrogens with one attached hydrogen (secondary N) is 1. The minimum atomic E-state index is -0.931. The summed E-state index contributed by atoms with van der Waals surface area (Å²) in [7, 11) is 1.15. The summed E-state index contributed by atoms with van der Waals surface area (Å²) < 4.78 is 31.7. The Morgan fingerprint density at radius 3 is 2.38 bits per heavy atom. The number of aliphatic hydroxyl groups is 1. The summed E-state index contributed by atoms with van der Waals surface area (Å²) in [6.07, 6.45) is 4.15. The second-order valence-electron chi connectivity index (χ2n) is 5.44. The van der Waals surface area contributed by atoms with Gasteiger partial charge in [0.25, 0.3) is 5.91 Å². The highest BCUT2D eigenvalue weighted by molar-refractivity contribution is 5.94. The van der Waals surface area contributed by atoms with E-state index in [-0.39, 0.29) is 12.1 Å². The van der Waals surface area contributed by atoms with Crippen LogP contribution in [0.25, 0.3) is 0 Å². The molecule has 1 saturated carbocycles. The third-order valence-corrected chi connectivity index (χ3v) is 3.83. The van der Waals surface area contributed by atoms with E-state index in [9.17, 15) is 18.7 Å². The summed E-state index contributed by atoms with van der Waals surface area (Å²) in [4.78, 5) is 11.9. The molecule has 0 aliphatic heterocycles. The maximum Gasteiger partial charge on any atom is 0.251 e. The van der Waals surface area contributed by atoms with Gasteiger partial charge in [-0.15, -0.1) is 0 Å². The normalized spacial score (nSPS) is 17.3. The lowest BCUT2D eigenvalue weighted by atomic mass is 9.85. The maximum absolute atomic E-state index is 13.5. The van der Waals surface area contributed by atoms with Crippen molar-refractivity contribution in [2.24, 2.45) is 0 Å². The molecule has 0 radical (unpaired) electrons. The van der Waals surface area contributed by atoms with Gasteiger partial charge in [0, 0.05) is 12.1 Å². The second-order valence-corrected chi connectivity index (χ2v) is 5.44. The zero-order valence-corrected chi connectivity index (χ0v) is 11.9. The zero-order chi connectivity index (χ0) is 15.5. The average molecular weight is 299 g/mol. The van der Waals surface area contributed by atoms with Crippen LogP contribution < -0.4 is 10.1 Å². The molecule has 4 nitrogen and oxygen atoms in total. The largest absolute Gasteiger partial charge is 0.491 e. The molecular weight excluding hydrogens is 280 g/mol. The quantitative estimate of drug-likeness (QED) is 0.897. The van der Waals surface area contributed by atoms with Crippen LogP contribution in [0.1, 0.15) is 42.5 Å². The van der Waals surface area contributed by atoms with Crippen LogP contribution in [0, 0.1) is 11.6 Å². The smallest absolute Gasteiger partial charge is 0.251 e. The van der Waals surface area contributed by atoms with Gasteiger partial charge in [-0.05, 0) is 25.0 Å². The van der Waals surface area contributed by atoms with Gasteiger partial charge in [-0.1, -0.05) is 19.3 Å². The Morgan fingerprint density at radius 2 is 1.86 bits per heavy atom. The maximum atomic E-state index is 13.5. The zero-order valence-electron chi connectivity index (χ0n) is 11.9. The van der Waals surface area contributed by atoms with Gasteiger partial charge in [0.05, 0.1) is 12.7 Å². The molecule has 1 aromatic rings. The Hall–Kier alpha value is -1.69. The number of amides is 1. The molecule has 0 spiro atoms. The highest BCUT2D eigenvalue weighted by atomic mass is 19.1. The van der Waals surface area contributed by atoms with Crippen LogP contribution in [0.4, 0.5) is 8.78 Å². The van der Waals surface area contributed by atoms with Crippen molar-refractivity contribution >= 4 is 5.91 Å². The monoisotopic (exact) mass is 299 g/mol. The first-order valence-corrected chi connectivity index (χ1v) is 6.99. The van der Waals surface area contributed by atoms with Gasteiger partial charge in [0.2, 0.25) is 0 Å². The predicted molar refractivity (Wildman–Crippen MR) is 73.3 cm³/mol. The van der Waals surface area contributed by atoms with Crippen molar-refractivity contribution in [3.8, 4) is 5.75 Å². The molecule has 0 heterocycles. The fraction of sp³-hybridized carbons (Fsp3) is 0.533. The molecule has 6 heteroatoms. The van der Waals surface area contributed by atoms with Crippen LogP contribution in [0.5, 0.6) is 5.75 Å². The van der Waals surface area contributed by atoms with E-state index in [0.717, 1.165) is 38.5 Å². The Labute approximate surface area is 122 Å². The Kier molecular flexibility index (Phi) is 4.77. The molecule has 1 aliphatic carbocycles. The van der Waals surface area contributed by atoms with E-state index in [2.05, 4.69) is 10.1 Å². The van der Waals surface area contributed by atoms with Crippen molar-refractivity contribution in [3.63, 3.8) is 0 Å². The van der Waals surface area contributed by atoms with Crippen LogP contribution in [-0.2, 0) is 0 Å². The molecule has 0 bridgehead atoms. The first kappa shape index (κ1) is 15.7. The van der Waals surface area contributed by atoms with Crippen molar-refractivity contribution in [1.29, 1.82) is 0 Å². The molecule has 2 N–H and O–H groups in total. The summed E-state index contributed by atoms with van der Waals surface area (Å²) in [5, 5.41) is 12.8. The number of benzene rings is 1. The van der Waals surface area contributed by atoms with Crippen LogP contribution in [0.2, 0.25) is 0 Å². The highest BCUT2D eigenvalue weighted by Crippen LogP contribution is 2.27. The van der Waals surface area contributed by atoms with Crippen LogP contribution in [0.15, 0.2) is 12.1 Å². The summed E-state index contributed by atoms with van der Waals surface area (Å²) in [5.41, 5.74) is -1.05. The Morgan fingerprint density at radius 1 is 1.29 bits per heavy atom. The molecule has 0 aromatic heterocycles. The lowest BCUT2D eigenvalue weighted by Crippen LogP contribution is -2.44. The lowest BCUT2D eigenvalue weighted by molar-refractivity contribution is 0.00525. The number of hydrogen-bond donors (Lipinski definition) is 2. The van der Waals surface area contributed by atoms with Gasteiger partial charge in [-0.25, -0.2) is 8.78 Å². The summed E-state index contributed by atoms with van der Waals surface area (Å²) in [5.74, 6) is -3.00. The van der Waals surface area contributed by atoms with Crippen LogP contribution in [-0.4, -0.2) is 30.3 Å². The van der Waals surface area contributed by atoms with E-state index >= 15 is 0 Å². The van der Waals surface area contributed by atoms with Gasteiger partial charge in [0.15, 0.2) is 17.4 Å². The minimum absolute atomic E-state index is 0.0844. The third kappa shape index (κ3) is 3.69. The molecule has 1 aliphatic rings. The van der Waals surface area contributed by atoms with Crippen LogP contribution >= 0.6 is 0 Å². The highest BCUT2D eigenvalue weighted by Gasteiger charge is 2.29. The number of methoxy groups -OCH3 is 1. The number of hydrogen-bond acceptors (Lipinski definition) is 3. The average Bonchev–Trinajstić information content (AvgIpc) is 2.45. The minimum Gasteiger partial charge on any atom is -0.491 e. The second kappa shape index (κ2) is 6.39. The molecule has 0 unspecified atom stereocenters. The fourth-order valence-electron chi connectivity index (χ4n) is 2.62. The molecule has 1 fully saturated rings. The van der Waals surface area contributed by atoms with E-state index in [4.69, 9.17) is 0 Å². The molecule has 2 rings (SSSR count). The molecule has 0 saturated heterocycles. The van der Waals surface area contributed by atoms with E-state index in [0.29, 0.717) is 12.8 Å². The molecule has 116 valence electrons. The summed E-state index contributed by atoms with van der Waals surface area (Å²) >= 11 is 0. The number of ether oxygens (including phenoxy) is 1. The number of rotatable bonds is 4. The van der Waals surface area contributed by atoms with Crippen molar-refractivity contribution < 1.29 is 23.4 Å². The van der Waals surface area contributed by atoms with Gasteiger partial charge in [0.1, 0.15) is 0 Å². The van der Waals surface area contributed by atoms with Gasteiger partial charge >= 0.3 is 0 Å². The standard InChI is InChI=1S/C15H19F2NO3/c1-21-13-11(16)7-10(8-12(13)17)14(19)18-9-15(20)5-3-2-4-6-15/h7-8,20H,2-6,9H2,1H3,(H,18,19). The van der Waals surface area contributed by atoms with E-state index in [1.165, 1.54) is 0 Å². The van der Waals surface area contributed by atoms with Gasteiger partial charge in [-0.2, -0.15) is 0 Å². The number of halogens is 2. The van der Waals surface area contributed by atoms with Crippen LogP contribution in [0.3, 0.4) is 0 Å². The van der Waals surface area contributed by atoms with E-state index in [1.807, 2.05) is 0 Å². The SMILES string of the molecule is COc1c(F)cc(C(=O)NCC2(O)CCCCC2)cc1F. The van der Waals surface area contributed by atoms with Crippen molar-refractivity contribution in [2.45, 2.75) is 37.7 Å². The van der Waals surface area contributed by atoms with Gasteiger partial charge < -0.3 is 15.2 Å². The Bertz CT molecular complexity index is 505. The lowest BCUT2D eigenvalue weighted by Gasteiger charge is -2.32. The van der Waals surface area contributed by atoms with Gasteiger partial charge in [-0.3, -0.25) is 4.79 Å². The fourth-order valence-corrected chi connectivity index (χ4v) is 2.62. The first-order valence-electron chi connectivity index (χ1n) is 6.99. The summed E-state index contributed by atoms with van der Waals surface area (Å²) in [6, 6.07) is 1.84. The van der Waals surface area contributed by atoms with Crippen molar-refractivity contribution in [1.82, 2.24) is 5.32 Å². The third-order valence-electron chi connectivity index (χ3n) is 3.83. The molecule has 1 amide bonds. The topological polar surface area (TPSA) is 58.6 Å². The number of carbonyl (C=O) groups excluding carboxylic acids is 1. The Balaban J connectivity index is 2.03. The molecule has 21 heavy (non-hydrogen) atoms. The first-order chi connectivity index (χ1) is 9.95. The van der Waals surface area contributed by atoms with E-state index < -0.39 is 28.9 Å². The van der Waals surface area contributed by atoms with Crippen molar-refractivity contribution in [3.05, 3.63) is 29.3 Å². The number of carbonyl (C=O) groups is 1. The molecular formula is C15H19F2NO3. The van der Waals surface area contributed by atoms with E-state index in [1.54, 1.807) is 0 Å². The van der Waals surface area contributed by atoms with Crippen molar-refractivity contribution in [2.75, 3.05) is 13.7 Å². The summed E-state index contributed by atoms with van der Waals surface area (Å²) in [6.45, 7) is 0.0844. The predicted octanol–water partition coefficient (Wildman–Crippen LogP) is 2.40.